The number of hydrogen-bond acceptors (Lipinski definition) is 10. The molecular formula is C33H28F3N3O8S. The summed E-state index contributed by atoms with van der Waals surface area (Å²) in [7, 11) is 1.53. The van der Waals surface area contributed by atoms with Gasteiger partial charge in [-0.25, -0.2) is 9.79 Å². The van der Waals surface area contributed by atoms with Crippen LogP contribution in [0.1, 0.15) is 43.5 Å². The maximum Gasteiger partial charge on any atom is 0.416 e. The summed E-state index contributed by atoms with van der Waals surface area (Å²) in [6.07, 6.45) is -3.20. The van der Waals surface area contributed by atoms with Crippen LogP contribution in [0.3, 0.4) is 0 Å². The summed E-state index contributed by atoms with van der Waals surface area (Å²) >= 11 is 1.11. The van der Waals surface area contributed by atoms with Gasteiger partial charge in [0.2, 0.25) is 5.75 Å². The zero-order valence-electron chi connectivity index (χ0n) is 26.0. The Morgan fingerprint density at radius 2 is 1.75 bits per heavy atom. The molecule has 1 unspecified atom stereocenters. The molecule has 3 aromatic carbocycles. The van der Waals surface area contributed by atoms with Gasteiger partial charge in [0, 0.05) is 6.07 Å². The number of ether oxygens (including phenoxy) is 4. The molecule has 48 heavy (non-hydrogen) atoms. The monoisotopic (exact) mass is 683 g/mol. The number of aromatic nitrogens is 1. The van der Waals surface area contributed by atoms with Gasteiger partial charge in [0.25, 0.3) is 5.56 Å². The van der Waals surface area contributed by atoms with Gasteiger partial charge in [-0.1, -0.05) is 29.5 Å². The topological polar surface area (TPSA) is 131 Å². The minimum absolute atomic E-state index is 0.00697. The van der Waals surface area contributed by atoms with Crippen LogP contribution in [0.4, 0.5) is 18.9 Å². The zero-order chi connectivity index (χ0) is 34.7. The van der Waals surface area contributed by atoms with E-state index < -0.39 is 45.7 Å². The quantitative estimate of drug-likeness (QED) is 0.114. The summed E-state index contributed by atoms with van der Waals surface area (Å²) in [5.74, 6) is -0.285. The third-order valence-corrected chi connectivity index (χ3v) is 8.20. The number of fused-ring (bicyclic) bond motifs is 1. The van der Waals surface area contributed by atoms with Crippen molar-refractivity contribution in [1.82, 2.24) is 4.57 Å². The standard InChI is InChI=1S/C33H28F3N3O8S/c1-5-45-26-15-19(7-13-25(26)47-24-14-10-21(33(34,35)36)17-23(24)39(42)43)16-27-30(40)38-29(20-8-11-22(44-4)12-9-20)28(31(41)46-6-2)18(3)37-32(38)48-27/h7-17,29H,5-6H2,1-4H3. The van der Waals surface area contributed by atoms with Gasteiger partial charge < -0.3 is 18.9 Å². The van der Waals surface area contributed by atoms with Gasteiger partial charge in [0.1, 0.15) is 5.75 Å². The number of halogens is 3. The van der Waals surface area contributed by atoms with E-state index in [2.05, 4.69) is 4.99 Å². The van der Waals surface area contributed by atoms with Crippen molar-refractivity contribution in [3.63, 3.8) is 0 Å². The highest BCUT2D eigenvalue weighted by atomic mass is 32.1. The molecule has 0 N–H and O–H groups in total. The number of alkyl halides is 3. The molecule has 5 rings (SSSR count). The van der Waals surface area contributed by atoms with Crippen molar-refractivity contribution in [2.75, 3.05) is 20.3 Å². The molecule has 11 nitrogen and oxygen atoms in total. The number of allylic oxidation sites excluding steroid dienone is 1. The summed E-state index contributed by atoms with van der Waals surface area (Å²) in [4.78, 5) is 42.6. The Morgan fingerprint density at radius 1 is 1.04 bits per heavy atom. The molecule has 0 saturated heterocycles. The number of esters is 1. The van der Waals surface area contributed by atoms with Crippen LogP contribution in [-0.2, 0) is 15.7 Å². The van der Waals surface area contributed by atoms with E-state index in [1.54, 1.807) is 57.2 Å². The van der Waals surface area contributed by atoms with Crippen LogP contribution in [0.15, 0.2) is 81.7 Å². The molecule has 4 aromatic rings. The van der Waals surface area contributed by atoms with Crippen molar-refractivity contribution in [2.45, 2.75) is 33.0 Å². The molecule has 15 heteroatoms. The largest absolute Gasteiger partial charge is 0.497 e. The first-order chi connectivity index (χ1) is 22.9. The number of hydrogen-bond donors (Lipinski definition) is 0. The normalized spacial score (nSPS) is 14.6. The molecule has 0 saturated carbocycles. The Morgan fingerprint density at radius 3 is 2.38 bits per heavy atom. The predicted molar refractivity (Wildman–Crippen MR) is 169 cm³/mol. The molecule has 1 atom stereocenters. The fraction of sp³-hybridized carbons (Fsp3) is 0.242. The Hall–Kier alpha value is -5.44. The van der Waals surface area contributed by atoms with Crippen LogP contribution in [0, 0.1) is 10.1 Å². The highest BCUT2D eigenvalue weighted by molar-refractivity contribution is 7.07. The van der Waals surface area contributed by atoms with Gasteiger partial charge in [0.15, 0.2) is 16.3 Å². The van der Waals surface area contributed by atoms with E-state index in [1.165, 1.54) is 23.8 Å². The van der Waals surface area contributed by atoms with E-state index in [9.17, 15) is 32.9 Å². The van der Waals surface area contributed by atoms with Crippen molar-refractivity contribution in [2.24, 2.45) is 4.99 Å². The van der Waals surface area contributed by atoms with E-state index in [4.69, 9.17) is 18.9 Å². The number of carbonyl (C=O) groups is 1. The van der Waals surface area contributed by atoms with E-state index >= 15 is 0 Å². The average molecular weight is 684 g/mol. The molecule has 250 valence electrons. The van der Waals surface area contributed by atoms with Crippen LogP contribution in [0.2, 0.25) is 0 Å². The van der Waals surface area contributed by atoms with Crippen molar-refractivity contribution in [3.8, 4) is 23.0 Å². The van der Waals surface area contributed by atoms with Crippen LogP contribution < -0.4 is 29.1 Å². The molecule has 0 radical (unpaired) electrons. The van der Waals surface area contributed by atoms with E-state index in [1.807, 2.05) is 0 Å². The first-order valence-corrected chi connectivity index (χ1v) is 15.3. The number of methoxy groups -OCH3 is 1. The van der Waals surface area contributed by atoms with E-state index in [0.29, 0.717) is 39.5 Å². The lowest BCUT2D eigenvalue weighted by Crippen LogP contribution is -2.39. The molecule has 1 aliphatic rings. The van der Waals surface area contributed by atoms with Gasteiger partial charge in [0.05, 0.1) is 52.7 Å². The minimum atomic E-state index is -4.78. The number of thiazole rings is 1. The van der Waals surface area contributed by atoms with E-state index in [-0.39, 0.29) is 34.8 Å². The number of carbonyl (C=O) groups excluding carboxylic acids is 1. The summed E-state index contributed by atoms with van der Waals surface area (Å²) < 4.78 is 63.2. The second kappa shape index (κ2) is 13.7. The van der Waals surface area contributed by atoms with Gasteiger partial charge >= 0.3 is 17.8 Å². The molecule has 1 aromatic heterocycles. The molecule has 0 bridgehead atoms. The minimum Gasteiger partial charge on any atom is -0.497 e. The lowest BCUT2D eigenvalue weighted by Gasteiger charge is -2.24. The summed E-state index contributed by atoms with van der Waals surface area (Å²) in [5.41, 5.74) is -0.743. The number of nitrogens with zero attached hydrogens (tertiary/aromatic N) is 3. The first-order valence-electron chi connectivity index (χ1n) is 14.5. The molecule has 0 spiro atoms. The fourth-order valence-electron chi connectivity index (χ4n) is 5.05. The summed E-state index contributed by atoms with van der Waals surface area (Å²) in [5, 5.41) is 11.6. The highest BCUT2D eigenvalue weighted by Gasteiger charge is 2.35. The lowest BCUT2D eigenvalue weighted by atomic mass is 9.96. The van der Waals surface area contributed by atoms with Crippen molar-refractivity contribution < 1.29 is 41.8 Å². The zero-order valence-corrected chi connectivity index (χ0v) is 26.8. The van der Waals surface area contributed by atoms with Crippen LogP contribution in [-0.4, -0.2) is 35.8 Å². The highest BCUT2D eigenvalue weighted by Crippen LogP contribution is 2.40. The average Bonchev–Trinajstić information content (AvgIpc) is 3.34. The first kappa shape index (κ1) is 33.9. The predicted octanol–water partition coefficient (Wildman–Crippen LogP) is 5.92. The van der Waals surface area contributed by atoms with Crippen molar-refractivity contribution >= 4 is 29.1 Å². The number of nitro benzene ring substituents is 1. The molecule has 0 aliphatic carbocycles. The maximum atomic E-state index is 14.0. The third-order valence-electron chi connectivity index (χ3n) is 7.22. The molecule has 0 amide bonds. The number of rotatable bonds is 10. The summed E-state index contributed by atoms with van der Waals surface area (Å²) in [6.45, 7) is 5.34. The lowest BCUT2D eigenvalue weighted by molar-refractivity contribution is -0.385. The van der Waals surface area contributed by atoms with Crippen LogP contribution in [0.5, 0.6) is 23.0 Å². The Labute approximate surface area is 274 Å². The second-order valence-electron chi connectivity index (χ2n) is 10.3. The smallest absolute Gasteiger partial charge is 0.416 e. The van der Waals surface area contributed by atoms with Crippen molar-refractivity contribution in [1.29, 1.82) is 0 Å². The fourth-order valence-corrected chi connectivity index (χ4v) is 6.10. The van der Waals surface area contributed by atoms with Gasteiger partial charge in [-0.2, -0.15) is 13.2 Å². The van der Waals surface area contributed by atoms with E-state index in [0.717, 1.165) is 17.4 Å². The SMILES string of the molecule is CCOC(=O)C1=C(C)N=c2sc(=Cc3ccc(Oc4ccc(C(F)(F)F)cc4[N+](=O)[O-])c(OCC)c3)c(=O)n2C1c1ccc(OC)cc1. The maximum absolute atomic E-state index is 14.0. The molecule has 2 heterocycles. The van der Waals surface area contributed by atoms with Crippen LogP contribution >= 0.6 is 11.3 Å². The summed E-state index contributed by atoms with van der Waals surface area (Å²) in [6, 6.07) is 12.6. The third kappa shape index (κ3) is 6.81. The van der Waals surface area contributed by atoms with Crippen LogP contribution in [0.25, 0.3) is 6.08 Å². The second-order valence-corrected chi connectivity index (χ2v) is 11.3. The van der Waals surface area contributed by atoms with Gasteiger partial charge in [-0.05, 0) is 74.4 Å². The molecular weight excluding hydrogens is 655 g/mol. The molecule has 1 aliphatic heterocycles. The number of nitro groups is 1. The Kier molecular flexibility index (Phi) is 9.70. The van der Waals surface area contributed by atoms with Gasteiger partial charge in [-0.3, -0.25) is 19.5 Å². The van der Waals surface area contributed by atoms with Gasteiger partial charge in [-0.15, -0.1) is 0 Å². The Bertz CT molecular complexity index is 2100. The Balaban J connectivity index is 1.58. The van der Waals surface area contributed by atoms with Crippen molar-refractivity contribution in [3.05, 3.63) is 118 Å². The number of benzene rings is 3. The molecule has 0 fully saturated rings.